The number of alkyl halides is 1. The summed E-state index contributed by atoms with van der Waals surface area (Å²) in [6.45, 7) is 1.93. The normalized spacial score (nSPS) is 24.4. The zero-order valence-corrected chi connectivity index (χ0v) is 13.9. The molecule has 1 aromatic heterocycles. The molecule has 5 heteroatoms. The second-order valence-electron chi connectivity index (χ2n) is 5.76. The third kappa shape index (κ3) is 2.93. The Balaban J connectivity index is 2.02. The highest BCUT2D eigenvalue weighted by Gasteiger charge is 2.26. The Labute approximate surface area is 134 Å². The van der Waals surface area contributed by atoms with Crippen molar-refractivity contribution in [2.24, 2.45) is 0 Å². The molecule has 21 heavy (non-hydrogen) atoms. The van der Waals surface area contributed by atoms with E-state index in [0.29, 0.717) is 11.6 Å². The first-order valence-electron chi connectivity index (χ1n) is 7.44. The van der Waals surface area contributed by atoms with Gasteiger partial charge in [-0.1, -0.05) is 0 Å². The zero-order valence-electron chi connectivity index (χ0n) is 12.4. The van der Waals surface area contributed by atoms with E-state index in [1.807, 2.05) is 24.8 Å². The molecule has 0 bridgehead atoms. The lowest BCUT2D eigenvalue weighted by molar-refractivity contribution is 0.358. The number of benzene rings is 1. The molecule has 0 radical (unpaired) electrons. The lowest BCUT2D eigenvalue weighted by Gasteiger charge is -2.30. The lowest BCUT2D eigenvalue weighted by Crippen LogP contribution is -2.21. The van der Waals surface area contributed by atoms with Crippen LogP contribution in [0.4, 0.5) is 4.39 Å². The fraction of sp³-hybridized carbons (Fsp3) is 0.562. The molecule has 1 aliphatic rings. The first-order valence-corrected chi connectivity index (χ1v) is 9.17. The molecule has 1 unspecified atom stereocenters. The van der Waals surface area contributed by atoms with Gasteiger partial charge in [-0.15, -0.1) is 11.6 Å². The average Bonchev–Trinajstić information content (AvgIpc) is 2.86. The largest absolute Gasteiger partial charge is 0.324 e. The molecule has 0 amide bonds. The molecule has 3 rings (SSSR count). The number of halogens is 2. The third-order valence-corrected chi connectivity index (χ3v) is 5.71. The number of hydrogen-bond donors (Lipinski definition) is 0. The topological polar surface area (TPSA) is 17.8 Å². The van der Waals surface area contributed by atoms with Gasteiger partial charge in [-0.05, 0) is 51.0 Å². The van der Waals surface area contributed by atoms with Crippen LogP contribution in [0.25, 0.3) is 11.0 Å². The molecular weight excluding hydrogens is 307 g/mol. The molecular formula is C16H20ClFN2S. The minimum absolute atomic E-state index is 0.168. The number of fused-ring (bicyclic) bond motifs is 1. The highest BCUT2D eigenvalue weighted by molar-refractivity contribution is 7.99. The Morgan fingerprint density at radius 1 is 1.33 bits per heavy atom. The van der Waals surface area contributed by atoms with E-state index >= 15 is 0 Å². The molecule has 0 N–H and O–H groups in total. The summed E-state index contributed by atoms with van der Waals surface area (Å²) in [6, 6.07) is 5.28. The number of hydrogen-bond acceptors (Lipinski definition) is 2. The molecule has 114 valence electrons. The van der Waals surface area contributed by atoms with Crippen LogP contribution in [0.15, 0.2) is 18.2 Å². The Morgan fingerprint density at radius 2 is 2.05 bits per heavy atom. The Kier molecular flexibility index (Phi) is 4.46. The number of thioether (sulfide) groups is 1. The molecule has 2 nitrogen and oxygen atoms in total. The van der Waals surface area contributed by atoms with Gasteiger partial charge in [0.25, 0.3) is 0 Å². The van der Waals surface area contributed by atoms with Crippen molar-refractivity contribution in [1.29, 1.82) is 0 Å². The second kappa shape index (κ2) is 6.17. The first-order chi connectivity index (χ1) is 10.1. The molecule has 1 fully saturated rings. The summed E-state index contributed by atoms with van der Waals surface area (Å²) in [5, 5.41) is 0.601. The fourth-order valence-electron chi connectivity index (χ4n) is 3.29. The van der Waals surface area contributed by atoms with Crippen LogP contribution in [0.2, 0.25) is 0 Å². The fourth-order valence-corrected chi connectivity index (χ4v) is 4.19. The van der Waals surface area contributed by atoms with E-state index in [2.05, 4.69) is 15.8 Å². The summed E-state index contributed by atoms with van der Waals surface area (Å²) in [5.74, 6) is 0.622. The van der Waals surface area contributed by atoms with Crippen LogP contribution in [0.5, 0.6) is 0 Å². The van der Waals surface area contributed by atoms with Crippen molar-refractivity contribution in [1.82, 2.24) is 9.55 Å². The number of imidazole rings is 1. The molecule has 0 aliphatic heterocycles. The van der Waals surface area contributed by atoms with Crippen molar-refractivity contribution in [2.45, 2.75) is 49.3 Å². The van der Waals surface area contributed by atoms with Crippen LogP contribution in [-0.2, 0) is 0 Å². The van der Waals surface area contributed by atoms with Gasteiger partial charge < -0.3 is 4.57 Å². The van der Waals surface area contributed by atoms with E-state index in [-0.39, 0.29) is 11.2 Å². The van der Waals surface area contributed by atoms with Crippen LogP contribution in [0.3, 0.4) is 0 Å². The van der Waals surface area contributed by atoms with Crippen LogP contribution < -0.4 is 0 Å². The summed E-state index contributed by atoms with van der Waals surface area (Å²) >= 11 is 8.27. The minimum Gasteiger partial charge on any atom is -0.324 e. The van der Waals surface area contributed by atoms with Gasteiger partial charge >= 0.3 is 0 Å². The van der Waals surface area contributed by atoms with Crippen molar-refractivity contribution < 1.29 is 4.39 Å². The Morgan fingerprint density at radius 3 is 2.67 bits per heavy atom. The summed E-state index contributed by atoms with van der Waals surface area (Å²) in [4.78, 5) is 4.57. The summed E-state index contributed by atoms with van der Waals surface area (Å²) in [5.41, 5.74) is 1.72. The van der Waals surface area contributed by atoms with Gasteiger partial charge in [-0.2, -0.15) is 11.8 Å². The maximum Gasteiger partial charge on any atom is 0.127 e. The average molecular weight is 327 g/mol. The van der Waals surface area contributed by atoms with E-state index < -0.39 is 0 Å². The number of aromatic nitrogens is 2. The Bertz CT molecular complexity index is 632. The van der Waals surface area contributed by atoms with Crippen LogP contribution in [0, 0.1) is 5.82 Å². The number of rotatable bonds is 3. The summed E-state index contributed by atoms with van der Waals surface area (Å²) < 4.78 is 15.7. The van der Waals surface area contributed by atoms with Crippen molar-refractivity contribution in [3.05, 3.63) is 29.8 Å². The van der Waals surface area contributed by atoms with Gasteiger partial charge in [-0.25, -0.2) is 9.37 Å². The molecule has 1 saturated carbocycles. The highest BCUT2D eigenvalue weighted by Crippen LogP contribution is 2.38. The van der Waals surface area contributed by atoms with Crippen molar-refractivity contribution in [3.8, 4) is 0 Å². The van der Waals surface area contributed by atoms with Crippen LogP contribution in [0.1, 0.15) is 49.9 Å². The summed E-state index contributed by atoms with van der Waals surface area (Å²) in [6.07, 6.45) is 6.92. The third-order valence-electron chi connectivity index (χ3n) is 4.38. The molecule has 1 heterocycles. The SMILES string of the molecule is CSC1CCC(n2c(C(C)Cl)nc3cc(F)ccc32)CC1. The van der Waals surface area contributed by atoms with Crippen LogP contribution in [-0.4, -0.2) is 21.1 Å². The zero-order chi connectivity index (χ0) is 15.0. The van der Waals surface area contributed by atoms with Crippen molar-refractivity contribution in [2.75, 3.05) is 6.26 Å². The van der Waals surface area contributed by atoms with E-state index in [1.54, 1.807) is 0 Å². The van der Waals surface area contributed by atoms with E-state index in [0.717, 1.165) is 29.4 Å². The Hall–Kier alpha value is -0.740. The maximum absolute atomic E-state index is 13.4. The van der Waals surface area contributed by atoms with Gasteiger partial charge in [-0.3, -0.25) is 0 Å². The molecule has 0 saturated heterocycles. The van der Waals surface area contributed by atoms with Crippen molar-refractivity contribution >= 4 is 34.4 Å². The van der Waals surface area contributed by atoms with E-state index in [1.165, 1.54) is 25.0 Å². The van der Waals surface area contributed by atoms with Gasteiger partial charge in [0.05, 0.1) is 16.4 Å². The van der Waals surface area contributed by atoms with Gasteiger partial charge in [0.1, 0.15) is 11.6 Å². The molecule has 1 atom stereocenters. The quantitative estimate of drug-likeness (QED) is 0.710. The first kappa shape index (κ1) is 15.2. The molecule has 0 spiro atoms. The molecule has 1 aliphatic carbocycles. The van der Waals surface area contributed by atoms with Crippen molar-refractivity contribution in [3.63, 3.8) is 0 Å². The van der Waals surface area contributed by atoms with Crippen LogP contribution >= 0.6 is 23.4 Å². The second-order valence-corrected chi connectivity index (χ2v) is 7.55. The predicted molar refractivity (Wildman–Crippen MR) is 88.8 cm³/mol. The smallest absolute Gasteiger partial charge is 0.127 e. The lowest BCUT2D eigenvalue weighted by atomic mass is 9.94. The van der Waals surface area contributed by atoms with E-state index in [4.69, 9.17) is 11.6 Å². The van der Waals surface area contributed by atoms with Gasteiger partial charge in [0.2, 0.25) is 0 Å². The maximum atomic E-state index is 13.4. The summed E-state index contributed by atoms with van der Waals surface area (Å²) in [7, 11) is 0. The highest BCUT2D eigenvalue weighted by atomic mass is 35.5. The minimum atomic E-state index is -0.244. The standard InChI is InChI=1S/C16H20ClFN2S/c1-10(17)16-19-14-9-11(18)3-8-15(14)20(16)12-4-6-13(21-2)7-5-12/h3,8-10,12-13H,4-7H2,1-2H3. The molecule has 2 aromatic rings. The van der Waals surface area contributed by atoms with Gasteiger partial charge in [0.15, 0.2) is 0 Å². The van der Waals surface area contributed by atoms with Gasteiger partial charge in [0, 0.05) is 17.4 Å². The predicted octanol–water partition coefficient (Wildman–Crippen LogP) is 5.32. The molecule has 1 aromatic carbocycles. The monoisotopic (exact) mass is 326 g/mol. The van der Waals surface area contributed by atoms with E-state index in [9.17, 15) is 4.39 Å². The number of nitrogens with zero attached hydrogens (tertiary/aromatic N) is 2.